The molecule has 3 N–H and O–H groups in total. The van der Waals surface area contributed by atoms with Crippen molar-refractivity contribution >= 4 is 23.4 Å². The van der Waals surface area contributed by atoms with Gasteiger partial charge in [-0.05, 0) is 43.2 Å². The van der Waals surface area contributed by atoms with Crippen LogP contribution in [-0.4, -0.2) is 17.7 Å². The van der Waals surface area contributed by atoms with E-state index in [1.165, 1.54) is 0 Å². The molecule has 2 aromatic rings. The predicted octanol–water partition coefficient (Wildman–Crippen LogP) is 2.11. The molecule has 24 heavy (non-hydrogen) atoms. The van der Waals surface area contributed by atoms with E-state index in [0.717, 1.165) is 12.8 Å². The lowest BCUT2D eigenvalue weighted by molar-refractivity contribution is -0.117. The van der Waals surface area contributed by atoms with Crippen molar-refractivity contribution in [1.82, 2.24) is 10.9 Å². The molecule has 1 aliphatic rings. The molecule has 2 aromatic carbocycles. The molecule has 6 nitrogen and oxygen atoms in total. The van der Waals surface area contributed by atoms with E-state index in [1.807, 2.05) is 0 Å². The van der Waals surface area contributed by atoms with Gasteiger partial charge in [-0.3, -0.25) is 25.2 Å². The zero-order chi connectivity index (χ0) is 16.9. The lowest BCUT2D eigenvalue weighted by Crippen LogP contribution is -2.41. The van der Waals surface area contributed by atoms with Crippen LogP contribution < -0.4 is 16.2 Å². The normalized spacial score (nSPS) is 13.0. The van der Waals surface area contributed by atoms with Gasteiger partial charge in [0.2, 0.25) is 5.91 Å². The summed E-state index contributed by atoms with van der Waals surface area (Å²) in [5, 5.41) is 2.78. The molecule has 6 heteroatoms. The number of hydrogen-bond acceptors (Lipinski definition) is 3. The summed E-state index contributed by atoms with van der Waals surface area (Å²) in [6.45, 7) is 0. The second-order valence-electron chi connectivity index (χ2n) is 5.62. The van der Waals surface area contributed by atoms with E-state index in [1.54, 1.807) is 54.6 Å². The van der Waals surface area contributed by atoms with Gasteiger partial charge in [0, 0.05) is 22.7 Å². The summed E-state index contributed by atoms with van der Waals surface area (Å²) in [5.74, 6) is -0.790. The van der Waals surface area contributed by atoms with Crippen LogP contribution in [0.25, 0.3) is 0 Å². The molecule has 0 heterocycles. The minimum atomic E-state index is -0.457. The molecule has 1 fully saturated rings. The number of carbonyl (C=O) groups is 3. The molecular formula is C18H17N3O3. The lowest BCUT2D eigenvalue weighted by Gasteiger charge is -2.09. The SMILES string of the molecule is O=C(NNC(=O)c1cccc(NC(=O)C2CC2)c1)c1ccccc1. The first-order valence-corrected chi connectivity index (χ1v) is 7.70. The van der Waals surface area contributed by atoms with Crippen LogP contribution >= 0.6 is 0 Å². The Morgan fingerprint density at radius 2 is 1.42 bits per heavy atom. The third kappa shape index (κ3) is 3.98. The molecule has 0 atom stereocenters. The number of hydrogen-bond donors (Lipinski definition) is 3. The maximum atomic E-state index is 12.1. The van der Waals surface area contributed by atoms with Crippen LogP contribution in [0.3, 0.4) is 0 Å². The second-order valence-corrected chi connectivity index (χ2v) is 5.62. The third-order valence-corrected chi connectivity index (χ3v) is 3.67. The Kier molecular flexibility index (Phi) is 4.56. The maximum Gasteiger partial charge on any atom is 0.269 e. The third-order valence-electron chi connectivity index (χ3n) is 3.67. The van der Waals surface area contributed by atoms with Crippen molar-refractivity contribution in [1.29, 1.82) is 0 Å². The molecule has 3 amide bonds. The Hall–Kier alpha value is -3.15. The highest BCUT2D eigenvalue weighted by Crippen LogP contribution is 2.30. The van der Waals surface area contributed by atoms with Crippen molar-refractivity contribution in [2.45, 2.75) is 12.8 Å². The maximum absolute atomic E-state index is 12.1. The molecule has 0 radical (unpaired) electrons. The molecule has 0 bridgehead atoms. The van der Waals surface area contributed by atoms with Crippen molar-refractivity contribution in [2.75, 3.05) is 5.32 Å². The van der Waals surface area contributed by atoms with Crippen LogP contribution in [0.5, 0.6) is 0 Å². The minimum absolute atomic E-state index is 0.0232. The lowest BCUT2D eigenvalue weighted by atomic mass is 10.2. The standard InChI is InChI=1S/C18H17N3O3/c22-16(13-9-10-13)19-15-8-4-7-14(11-15)18(24)21-20-17(23)12-5-2-1-3-6-12/h1-8,11,13H,9-10H2,(H,19,22)(H,20,23)(H,21,24). The number of carbonyl (C=O) groups excluding carboxylic acids is 3. The van der Waals surface area contributed by atoms with Crippen molar-refractivity contribution < 1.29 is 14.4 Å². The van der Waals surface area contributed by atoms with Crippen LogP contribution in [0, 0.1) is 5.92 Å². The highest BCUT2D eigenvalue weighted by Gasteiger charge is 2.29. The molecule has 0 aliphatic heterocycles. The Balaban J connectivity index is 1.58. The van der Waals surface area contributed by atoms with E-state index < -0.39 is 11.8 Å². The summed E-state index contributed by atoms with van der Waals surface area (Å²) < 4.78 is 0. The van der Waals surface area contributed by atoms with Crippen molar-refractivity contribution in [3.63, 3.8) is 0 Å². The second kappa shape index (κ2) is 6.95. The van der Waals surface area contributed by atoms with E-state index in [4.69, 9.17) is 0 Å². The molecule has 0 aromatic heterocycles. The smallest absolute Gasteiger partial charge is 0.269 e. The van der Waals surface area contributed by atoms with Crippen LogP contribution in [0.4, 0.5) is 5.69 Å². The molecule has 3 rings (SSSR count). The summed E-state index contributed by atoms with van der Waals surface area (Å²) in [4.78, 5) is 35.8. The van der Waals surface area contributed by atoms with Gasteiger partial charge in [-0.15, -0.1) is 0 Å². The van der Waals surface area contributed by atoms with Gasteiger partial charge in [-0.2, -0.15) is 0 Å². The summed E-state index contributed by atoms with van der Waals surface area (Å²) in [7, 11) is 0. The van der Waals surface area contributed by atoms with Gasteiger partial charge in [-0.1, -0.05) is 24.3 Å². The van der Waals surface area contributed by atoms with Gasteiger partial charge in [0.1, 0.15) is 0 Å². The molecule has 122 valence electrons. The van der Waals surface area contributed by atoms with Crippen molar-refractivity contribution in [3.05, 3.63) is 65.7 Å². The first-order valence-electron chi connectivity index (χ1n) is 7.70. The van der Waals surface area contributed by atoms with Gasteiger partial charge in [0.05, 0.1) is 0 Å². The summed E-state index contributed by atoms with van der Waals surface area (Å²) in [6.07, 6.45) is 1.83. The number of rotatable bonds is 4. The van der Waals surface area contributed by atoms with Gasteiger partial charge >= 0.3 is 0 Å². The Labute approximate surface area is 139 Å². The summed E-state index contributed by atoms with van der Waals surface area (Å²) in [6, 6.07) is 15.2. The van der Waals surface area contributed by atoms with Crippen molar-refractivity contribution in [3.8, 4) is 0 Å². The minimum Gasteiger partial charge on any atom is -0.326 e. The molecule has 0 unspecified atom stereocenters. The van der Waals surface area contributed by atoms with E-state index in [2.05, 4.69) is 16.2 Å². The van der Waals surface area contributed by atoms with Crippen LogP contribution in [0.2, 0.25) is 0 Å². The highest BCUT2D eigenvalue weighted by atomic mass is 16.2. The zero-order valence-electron chi connectivity index (χ0n) is 12.9. The van der Waals surface area contributed by atoms with Gasteiger partial charge in [-0.25, -0.2) is 0 Å². The molecule has 0 saturated heterocycles. The Bertz CT molecular complexity index is 770. The fourth-order valence-corrected chi connectivity index (χ4v) is 2.18. The average Bonchev–Trinajstić information content (AvgIpc) is 3.45. The molecular weight excluding hydrogens is 306 g/mol. The van der Waals surface area contributed by atoms with E-state index in [0.29, 0.717) is 16.8 Å². The fraction of sp³-hybridized carbons (Fsp3) is 0.167. The van der Waals surface area contributed by atoms with Gasteiger partial charge in [0.25, 0.3) is 11.8 Å². The van der Waals surface area contributed by atoms with Crippen LogP contribution in [-0.2, 0) is 4.79 Å². The number of benzene rings is 2. The van der Waals surface area contributed by atoms with Gasteiger partial charge < -0.3 is 5.32 Å². The predicted molar refractivity (Wildman–Crippen MR) is 89.2 cm³/mol. The largest absolute Gasteiger partial charge is 0.326 e. The topological polar surface area (TPSA) is 87.3 Å². The number of anilines is 1. The summed E-state index contributed by atoms with van der Waals surface area (Å²) in [5.41, 5.74) is 6.08. The summed E-state index contributed by atoms with van der Waals surface area (Å²) >= 11 is 0. The highest BCUT2D eigenvalue weighted by molar-refractivity contribution is 6.00. The first-order chi connectivity index (χ1) is 11.6. The Morgan fingerprint density at radius 1 is 0.792 bits per heavy atom. The average molecular weight is 323 g/mol. The Morgan fingerprint density at radius 3 is 2.08 bits per heavy atom. The van der Waals surface area contributed by atoms with E-state index >= 15 is 0 Å². The quantitative estimate of drug-likeness (QED) is 0.753. The van der Waals surface area contributed by atoms with E-state index in [9.17, 15) is 14.4 Å². The monoisotopic (exact) mass is 323 g/mol. The van der Waals surface area contributed by atoms with E-state index in [-0.39, 0.29) is 11.8 Å². The fourth-order valence-electron chi connectivity index (χ4n) is 2.18. The number of amides is 3. The molecule has 0 spiro atoms. The van der Waals surface area contributed by atoms with Gasteiger partial charge in [0.15, 0.2) is 0 Å². The first kappa shape index (κ1) is 15.7. The molecule has 1 saturated carbocycles. The van der Waals surface area contributed by atoms with Crippen molar-refractivity contribution in [2.24, 2.45) is 5.92 Å². The molecule has 1 aliphatic carbocycles. The van der Waals surface area contributed by atoms with Crippen LogP contribution in [0.1, 0.15) is 33.6 Å². The number of hydrazine groups is 1. The zero-order valence-corrected chi connectivity index (χ0v) is 12.9. The number of nitrogens with one attached hydrogen (secondary N) is 3. The van der Waals surface area contributed by atoms with Crippen LogP contribution in [0.15, 0.2) is 54.6 Å².